The summed E-state index contributed by atoms with van der Waals surface area (Å²) in [6.45, 7) is 3.19. The Morgan fingerprint density at radius 1 is 1.55 bits per heavy atom. The van der Waals surface area contributed by atoms with Crippen molar-refractivity contribution in [2.75, 3.05) is 24.5 Å². The zero-order chi connectivity index (χ0) is 16.1. The van der Waals surface area contributed by atoms with Crippen LogP contribution in [0.25, 0.3) is 0 Å². The second-order valence-electron chi connectivity index (χ2n) is 5.21. The maximum atomic E-state index is 12.5. The van der Waals surface area contributed by atoms with E-state index in [4.69, 9.17) is 16.9 Å². The van der Waals surface area contributed by atoms with E-state index in [0.717, 1.165) is 0 Å². The highest BCUT2D eigenvalue weighted by atomic mass is 35.5. The van der Waals surface area contributed by atoms with Gasteiger partial charge in [0, 0.05) is 36.8 Å². The summed E-state index contributed by atoms with van der Waals surface area (Å²) in [6.07, 6.45) is 0.507. The van der Waals surface area contributed by atoms with Gasteiger partial charge in [0.2, 0.25) is 11.8 Å². The van der Waals surface area contributed by atoms with Crippen LogP contribution in [-0.2, 0) is 9.59 Å². The van der Waals surface area contributed by atoms with Gasteiger partial charge in [0.25, 0.3) is 0 Å². The molecule has 22 heavy (non-hydrogen) atoms. The molecule has 0 aliphatic carbocycles. The fourth-order valence-electron chi connectivity index (χ4n) is 2.63. The Bertz CT molecular complexity index is 612. The third-order valence-electron chi connectivity index (χ3n) is 3.78. The third kappa shape index (κ3) is 3.58. The molecule has 1 heterocycles. The van der Waals surface area contributed by atoms with Gasteiger partial charge in [-0.25, -0.2) is 0 Å². The zero-order valence-electron chi connectivity index (χ0n) is 12.5. The molecule has 0 N–H and O–H groups in total. The summed E-state index contributed by atoms with van der Waals surface area (Å²) in [5.41, 5.74) is 0.716. The lowest BCUT2D eigenvalue weighted by molar-refractivity contribution is -0.135. The minimum atomic E-state index is -0.356. The largest absolute Gasteiger partial charge is 0.342 e. The van der Waals surface area contributed by atoms with E-state index in [-0.39, 0.29) is 24.2 Å². The van der Waals surface area contributed by atoms with Gasteiger partial charge >= 0.3 is 0 Å². The lowest BCUT2D eigenvalue weighted by atomic mass is 10.1. The standard InChI is InChI=1S/C16H18ClN3O2/c1-2-19(8-4-7-18)16(22)12-9-15(21)20(11-12)14-6-3-5-13(17)10-14/h3,5-6,10,12H,2,4,8-9,11H2,1H3. The van der Waals surface area contributed by atoms with E-state index in [9.17, 15) is 9.59 Å². The monoisotopic (exact) mass is 319 g/mol. The molecule has 0 aromatic heterocycles. The van der Waals surface area contributed by atoms with Gasteiger partial charge in [-0.05, 0) is 25.1 Å². The van der Waals surface area contributed by atoms with Gasteiger partial charge in [0.15, 0.2) is 0 Å². The molecule has 1 aromatic carbocycles. The first-order valence-corrected chi connectivity index (χ1v) is 7.66. The summed E-state index contributed by atoms with van der Waals surface area (Å²) in [6, 6.07) is 9.10. The van der Waals surface area contributed by atoms with Crippen LogP contribution in [0.15, 0.2) is 24.3 Å². The van der Waals surface area contributed by atoms with Crippen molar-refractivity contribution in [1.82, 2.24) is 4.90 Å². The molecule has 2 amide bonds. The molecule has 1 aliphatic rings. The Hall–Kier alpha value is -2.06. The molecule has 116 valence electrons. The minimum absolute atomic E-state index is 0.0596. The Morgan fingerprint density at radius 3 is 2.95 bits per heavy atom. The first-order valence-electron chi connectivity index (χ1n) is 7.28. The van der Waals surface area contributed by atoms with Crippen LogP contribution < -0.4 is 4.90 Å². The van der Waals surface area contributed by atoms with E-state index in [1.165, 1.54) is 0 Å². The number of rotatable bonds is 5. The maximum absolute atomic E-state index is 12.5. The molecular weight excluding hydrogens is 302 g/mol. The normalized spacial score (nSPS) is 17.4. The van der Waals surface area contributed by atoms with Crippen LogP contribution >= 0.6 is 11.6 Å². The summed E-state index contributed by atoms with van der Waals surface area (Å²) in [5, 5.41) is 9.21. The van der Waals surface area contributed by atoms with E-state index in [1.807, 2.05) is 19.1 Å². The topological polar surface area (TPSA) is 64.4 Å². The van der Waals surface area contributed by atoms with Crippen LogP contribution in [0.1, 0.15) is 19.8 Å². The molecule has 1 fully saturated rings. The minimum Gasteiger partial charge on any atom is -0.342 e. The summed E-state index contributed by atoms with van der Waals surface area (Å²) in [7, 11) is 0. The highest BCUT2D eigenvalue weighted by molar-refractivity contribution is 6.30. The highest BCUT2D eigenvalue weighted by Crippen LogP contribution is 2.28. The average molecular weight is 320 g/mol. The number of nitrogens with zero attached hydrogens (tertiary/aromatic N) is 3. The fourth-order valence-corrected chi connectivity index (χ4v) is 2.82. The molecule has 2 rings (SSSR count). The van der Waals surface area contributed by atoms with Crippen LogP contribution in [0.5, 0.6) is 0 Å². The average Bonchev–Trinajstić information content (AvgIpc) is 2.90. The quantitative estimate of drug-likeness (QED) is 0.837. The molecule has 1 aliphatic heterocycles. The summed E-state index contributed by atoms with van der Waals surface area (Å²) >= 11 is 5.96. The predicted octanol–water partition coefficient (Wildman–Crippen LogP) is 2.46. The van der Waals surface area contributed by atoms with Crippen molar-refractivity contribution in [3.63, 3.8) is 0 Å². The molecule has 1 aromatic rings. The highest BCUT2D eigenvalue weighted by Gasteiger charge is 2.36. The first kappa shape index (κ1) is 16.3. The lowest BCUT2D eigenvalue weighted by Gasteiger charge is -2.23. The van der Waals surface area contributed by atoms with Gasteiger partial charge < -0.3 is 9.80 Å². The summed E-state index contributed by atoms with van der Waals surface area (Å²) < 4.78 is 0. The number of halogens is 1. The number of hydrogen-bond donors (Lipinski definition) is 0. The second kappa shape index (κ2) is 7.28. The Morgan fingerprint density at radius 2 is 2.32 bits per heavy atom. The van der Waals surface area contributed by atoms with E-state index < -0.39 is 0 Å². The van der Waals surface area contributed by atoms with E-state index in [1.54, 1.807) is 28.0 Å². The Kier molecular flexibility index (Phi) is 5.40. The molecule has 1 unspecified atom stereocenters. The van der Waals surface area contributed by atoms with Crippen molar-refractivity contribution >= 4 is 29.1 Å². The number of anilines is 1. The molecule has 0 saturated carbocycles. The van der Waals surface area contributed by atoms with Crippen molar-refractivity contribution in [3.8, 4) is 6.07 Å². The summed E-state index contributed by atoms with van der Waals surface area (Å²) in [5.74, 6) is -0.488. The van der Waals surface area contributed by atoms with Gasteiger partial charge in [-0.3, -0.25) is 9.59 Å². The van der Waals surface area contributed by atoms with Gasteiger partial charge in [-0.2, -0.15) is 5.26 Å². The Balaban J connectivity index is 2.08. The molecule has 5 nitrogen and oxygen atoms in total. The molecule has 0 radical (unpaired) electrons. The second-order valence-corrected chi connectivity index (χ2v) is 5.65. The number of amides is 2. The molecular formula is C16H18ClN3O2. The predicted molar refractivity (Wildman–Crippen MR) is 84.4 cm³/mol. The summed E-state index contributed by atoms with van der Waals surface area (Å²) in [4.78, 5) is 27.9. The number of carbonyl (C=O) groups excluding carboxylic acids is 2. The number of carbonyl (C=O) groups is 2. The van der Waals surface area contributed by atoms with E-state index in [0.29, 0.717) is 36.8 Å². The number of benzene rings is 1. The van der Waals surface area contributed by atoms with Crippen molar-refractivity contribution in [1.29, 1.82) is 5.26 Å². The van der Waals surface area contributed by atoms with Crippen LogP contribution in [0.3, 0.4) is 0 Å². The van der Waals surface area contributed by atoms with Crippen molar-refractivity contribution in [2.45, 2.75) is 19.8 Å². The maximum Gasteiger partial charge on any atom is 0.228 e. The van der Waals surface area contributed by atoms with Crippen LogP contribution in [0, 0.1) is 17.2 Å². The number of hydrogen-bond acceptors (Lipinski definition) is 3. The number of nitriles is 1. The van der Waals surface area contributed by atoms with Crippen LogP contribution in [-0.4, -0.2) is 36.3 Å². The first-order chi connectivity index (χ1) is 10.6. The smallest absolute Gasteiger partial charge is 0.228 e. The van der Waals surface area contributed by atoms with E-state index >= 15 is 0 Å². The Labute approximate surface area is 135 Å². The van der Waals surface area contributed by atoms with Gasteiger partial charge in [0.05, 0.1) is 18.4 Å². The van der Waals surface area contributed by atoms with E-state index in [2.05, 4.69) is 0 Å². The SMILES string of the molecule is CCN(CCC#N)C(=O)C1CC(=O)N(c2cccc(Cl)c2)C1. The lowest BCUT2D eigenvalue weighted by Crippen LogP contribution is -2.38. The molecule has 1 saturated heterocycles. The van der Waals surface area contributed by atoms with Gasteiger partial charge in [0.1, 0.15) is 0 Å². The van der Waals surface area contributed by atoms with Crippen LogP contribution in [0.4, 0.5) is 5.69 Å². The fraction of sp³-hybridized carbons (Fsp3) is 0.438. The zero-order valence-corrected chi connectivity index (χ0v) is 13.2. The molecule has 0 bridgehead atoms. The van der Waals surface area contributed by atoms with Crippen molar-refractivity contribution in [3.05, 3.63) is 29.3 Å². The molecule has 1 atom stereocenters. The van der Waals surface area contributed by atoms with Crippen molar-refractivity contribution < 1.29 is 9.59 Å². The van der Waals surface area contributed by atoms with Crippen LogP contribution in [0.2, 0.25) is 5.02 Å². The van der Waals surface area contributed by atoms with Crippen molar-refractivity contribution in [2.24, 2.45) is 5.92 Å². The van der Waals surface area contributed by atoms with Gasteiger partial charge in [-0.15, -0.1) is 0 Å². The molecule has 0 spiro atoms. The third-order valence-corrected chi connectivity index (χ3v) is 4.02. The van der Waals surface area contributed by atoms with Gasteiger partial charge in [-0.1, -0.05) is 17.7 Å². The molecule has 6 heteroatoms.